The highest BCUT2D eigenvalue weighted by atomic mass is 35.5. The maximum Gasteiger partial charge on any atom is 0.0595 e. The zero-order chi connectivity index (χ0) is 17.3. The Labute approximate surface area is 150 Å². The van der Waals surface area contributed by atoms with E-state index in [9.17, 15) is 9.90 Å². The normalized spacial score (nSPS) is 12.5. The lowest BCUT2D eigenvalue weighted by Crippen LogP contribution is -2.24. The smallest absolute Gasteiger partial charge is 0.0595 e. The Balaban J connectivity index is 2.16. The number of hydrogen-bond acceptors (Lipinski definition) is 2. The van der Waals surface area contributed by atoms with Gasteiger partial charge in [-0.05, 0) is 41.7 Å². The van der Waals surface area contributed by atoms with Crippen LogP contribution in [-0.4, -0.2) is 11.0 Å². The highest BCUT2D eigenvalue weighted by molar-refractivity contribution is 6.42. The lowest BCUT2D eigenvalue weighted by atomic mass is 9.88. The molecule has 124 valence electrons. The fourth-order valence-corrected chi connectivity index (χ4v) is 3.43. The molecule has 0 aliphatic carbocycles. The SMILES string of the molecule is CCc1cccc2c([C@H](CC(=O)[O-])c3ccc(Cl)c(Cl)c3)c[nH]c12. The first-order valence-electron chi connectivity index (χ1n) is 7.75. The molecular formula is C19H16Cl2NO2-. The number of halogens is 2. The molecule has 0 aliphatic rings. The molecule has 24 heavy (non-hydrogen) atoms. The highest BCUT2D eigenvalue weighted by Crippen LogP contribution is 2.36. The molecule has 0 aliphatic heterocycles. The number of H-pyrrole nitrogens is 1. The second-order valence-electron chi connectivity index (χ2n) is 5.74. The molecule has 0 saturated heterocycles. The summed E-state index contributed by atoms with van der Waals surface area (Å²) in [4.78, 5) is 14.6. The minimum absolute atomic E-state index is 0.124. The summed E-state index contributed by atoms with van der Waals surface area (Å²) < 4.78 is 0. The van der Waals surface area contributed by atoms with Gasteiger partial charge in [0.05, 0.1) is 10.0 Å². The van der Waals surface area contributed by atoms with E-state index in [1.807, 2.05) is 24.4 Å². The standard InChI is InChI=1S/C19H17Cl2NO2/c1-2-11-4-3-5-13-15(10-22-19(11)13)14(9-18(23)24)12-6-7-16(20)17(21)8-12/h3-8,10,14,22H,2,9H2,1H3,(H,23,24)/p-1/t14-/m1/s1. The molecule has 1 atom stereocenters. The number of carboxylic acid groups (broad SMARTS) is 1. The lowest BCUT2D eigenvalue weighted by Gasteiger charge is -2.18. The van der Waals surface area contributed by atoms with Gasteiger partial charge in [0.25, 0.3) is 0 Å². The first kappa shape index (κ1) is 16.9. The van der Waals surface area contributed by atoms with Crippen molar-refractivity contribution in [3.8, 4) is 0 Å². The minimum atomic E-state index is -1.10. The van der Waals surface area contributed by atoms with Crippen molar-refractivity contribution in [3.05, 3.63) is 69.3 Å². The number of fused-ring (bicyclic) bond motifs is 1. The number of aryl methyl sites for hydroxylation is 1. The Morgan fingerprint density at radius 3 is 2.67 bits per heavy atom. The summed E-state index contributed by atoms with van der Waals surface area (Å²) in [7, 11) is 0. The van der Waals surface area contributed by atoms with Crippen LogP contribution in [0.15, 0.2) is 42.6 Å². The number of rotatable bonds is 5. The molecule has 3 nitrogen and oxygen atoms in total. The summed E-state index contributed by atoms with van der Waals surface area (Å²) in [6.45, 7) is 2.09. The molecule has 1 heterocycles. The van der Waals surface area contributed by atoms with Gasteiger partial charge in [0.15, 0.2) is 0 Å². The quantitative estimate of drug-likeness (QED) is 0.736. The van der Waals surface area contributed by atoms with Gasteiger partial charge in [0, 0.05) is 29.0 Å². The van der Waals surface area contributed by atoms with Crippen molar-refractivity contribution in [2.75, 3.05) is 0 Å². The molecule has 0 bridgehead atoms. The van der Waals surface area contributed by atoms with Crippen LogP contribution in [0.4, 0.5) is 0 Å². The van der Waals surface area contributed by atoms with Gasteiger partial charge in [-0.1, -0.05) is 54.4 Å². The van der Waals surface area contributed by atoms with Gasteiger partial charge in [-0.3, -0.25) is 0 Å². The Morgan fingerprint density at radius 1 is 1.21 bits per heavy atom. The monoisotopic (exact) mass is 360 g/mol. The van der Waals surface area contributed by atoms with Crippen LogP contribution in [0.3, 0.4) is 0 Å². The molecule has 5 heteroatoms. The van der Waals surface area contributed by atoms with Gasteiger partial charge >= 0.3 is 0 Å². The number of carboxylic acids is 1. The van der Waals surface area contributed by atoms with Crippen molar-refractivity contribution in [1.29, 1.82) is 0 Å². The number of aromatic nitrogens is 1. The molecular weight excluding hydrogens is 345 g/mol. The molecule has 0 unspecified atom stereocenters. The van der Waals surface area contributed by atoms with Crippen LogP contribution in [0.5, 0.6) is 0 Å². The van der Waals surface area contributed by atoms with Crippen LogP contribution in [-0.2, 0) is 11.2 Å². The van der Waals surface area contributed by atoms with Crippen molar-refractivity contribution >= 4 is 40.1 Å². The fraction of sp³-hybridized carbons (Fsp3) is 0.211. The number of carbonyl (C=O) groups is 1. The first-order valence-corrected chi connectivity index (χ1v) is 8.50. The molecule has 0 fully saturated rings. The van der Waals surface area contributed by atoms with Gasteiger partial charge in [-0.2, -0.15) is 0 Å². The number of para-hydroxylation sites is 1. The Hall–Kier alpha value is -1.97. The van der Waals surface area contributed by atoms with E-state index in [1.54, 1.807) is 12.1 Å². The Morgan fingerprint density at radius 2 is 2.00 bits per heavy atom. The molecule has 0 radical (unpaired) electrons. The zero-order valence-electron chi connectivity index (χ0n) is 13.1. The molecule has 1 N–H and O–H groups in total. The van der Waals surface area contributed by atoms with Crippen molar-refractivity contribution < 1.29 is 9.90 Å². The lowest BCUT2D eigenvalue weighted by molar-refractivity contribution is -0.305. The maximum absolute atomic E-state index is 11.3. The summed E-state index contributed by atoms with van der Waals surface area (Å²) in [5, 5.41) is 13.2. The highest BCUT2D eigenvalue weighted by Gasteiger charge is 2.20. The van der Waals surface area contributed by atoms with Gasteiger partial charge in [0.1, 0.15) is 0 Å². The minimum Gasteiger partial charge on any atom is -0.550 e. The second kappa shape index (κ2) is 6.88. The average molecular weight is 361 g/mol. The van der Waals surface area contributed by atoms with E-state index in [-0.39, 0.29) is 12.3 Å². The molecule has 0 saturated carbocycles. The van der Waals surface area contributed by atoms with Crippen LogP contribution in [0.25, 0.3) is 10.9 Å². The van der Waals surface area contributed by atoms with Crippen LogP contribution in [0.1, 0.15) is 36.0 Å². The van der Waals surface area contributed by atoms with E-state index in [0.717, 1.165) is 28.5 Å². The van der Waals surface area contributed by atoms with Crippen molar-refractivity contribution in [1.82, 2.24) is 4.98 Å². The average Bonchev–Trinajstić information content (AvgIpc) is 2.99. The number of benzene rings is 2. The van der Waals surface area contributed by atoms with Crippen molar-refractivity contribution in [3.63, 3.8) is 0 Å². The first-order chi connectivity index (χ1) is 11.5. The van der Waals surface area contributed by atoms with Gasteiger partial charge in [0.2, 0.25) is 0 Å². The number of nitrogens with one attached hydrogen (secondary N) is 1. The third-order valence-electron chi connectivity index (χ3n) is 4.31. The summed E-state index contributed by atoms with van der Waals surface area (Å²) in [6, 6.07) is 11.3. The van der Waals surface area contributed by atoms with Crippen molar-refractivity contribution in [2.45, 2.75) is 25.7 Å². The molecule has 1 aromatic heterocycles. The summed E-state index contributed by atoms with van der Waals surface area (Å²) >= 11 is 12.1. The summed E-state index contributed by atoms with van der Waals surface area (Å²) in [5.41, 5.74) is 3.96. The zero-order valence-corrected chi connectivity index (χ0v) is 14.6. The van der Waals surface area contributed by atoms with Crippen molar-refractivity contribution in [2.24, 2.45) is 0 Å². The van der Waals surface area contributed by atoms with E-state index < -0.39 is 5.97 Å². The van der Waals surface area contributed by atoms with E-state index in [4.69, 9.17) is 23.2 Å². The molecule has 3 rings (SSSR count). The van der Waals surface area contributed by atoms with Crippen LogP contribution in [0.2, 0.25) is 10.0 Å². The Bertz CT molecular complexity index is 902. The maximum atomic E-state index is 11.3. The fourth-order valence-electron chi connectivity index (χ4n) is 3.12. The molecule has 3 aromatic rings. The van der Waals surface area contributed by atoms with E-state index >= 15 is 0 Å². The number of hydrogen-bond donors (Lipinski definition) is 1. The number of carbonyl (C=O) groups excluding carboxylic acids is 1. The summed E-state index contributed by atoms with van der Waals surface area (Å²) in [5.74, 6) is -1.46. The number of aromatic amines is 1. The second-order valence-corrected chi connectivity index (χ2v) is 6.55. The van der Waals surface area contributed by atoms with Crippen LogP contribution >= 0.6 is 23.2 Å². The largest absolute Gasteiger partial charge is 0.550 e. The predicted molar refractivity (Wildman–Crippen MR) is 95.6 cm³/mol. The van der Waals surface area contributed by atoms with E-state index in [2.05, 4.69) is 18.0 Å². The van der Waals surface area contributed by atoms with Crippen LogP contribution in [0, 0.1) is 0 Å². The molecule has 0 amide bonds. The number of aliphatic carboxylic acids is 1. The predicted octanol–water partition coefficient (Wildman–Crippen LogP) is 4.31. The third kappa shape index (κ3) is 3.14. The molecule has 0 spiro atoms. The Kier molecular flexibility index (Phi) is 4.83. The molecule has 2 aromatic carbocycles. The third-order valence-corrected chi connectivity index (χ3v) is 5.05. The van der Waals surface area contributed by atoms with Gasteiger partial charge in [-0.15, -0.1) is 0 Å². The van der Waals surface area contributed by atoms with E-state index in [0.29, 0.717) is 10.0 Å². The van der Waals surface area contributed by atoms with Gasteiger partial charge in [-0.25, -0.2) is 0 Å². The van der Waals surface area contributed by atoms with Gasteiger partial charge < -0.3 is 14.9 Å². The summed E-state index contributed by atoms with van der Waals surface area (Å²) in [6.07, 6.45) is 2.65. The van der Waals surface area contributed by atoms with E-state index in [1.165, 1.54) is 5.56 Å². The topological polar surface area (TPSA) is 55.9 Å². The van der Waals surface area contributed by atoms with Crippen LogP contribution < -0.4 is 5.11 Å².